The van der Waals surface area contributed by atoms with Gasteiger partial charge in [-0.1, -0.05) is 12.1 Å². The number of carbonyl (C=O) groups excluding carboxylic acids is 1. The molecule has 1 aromatic rings. The molecular weight excluding hydrogens is 282 g/mol. The van der Waals surface area contributed by atoms with Gasteiger partial charge in [0, 0.05) is 20.2 Å². The van der Waals surface area contributed by atoms with E-state index in [9.17, 15) is 13.2 Å². The molecule has 1 atom stereocenters. The van der Waals surface area contributed by atoms with E-state index >= 15 is 0 Å². The Hall–Kier alpha value is -1.48. The van der Waals surface area contributed by atoms with Gasteiger partial charge >= 0.3 is 0 Å². The van der Waals surface area contributed by atoms with Crippen molar-refractivity contribution in [3.8, 4) is 0 Å². The first-order chi connectivity index (χ1) is 9.36. The number of hydrogen-bond acceptors (Lipinski definition) is 5. The van der Waals surface area contributed by atoms with Gasteiger partial charge in [0.25, 0.3) is 0 Å². The molecule has 0 saturated heterocycles. The highest BCUT2D eigenvalue weighted by Crippen LogP contribution is 2.09. The van der Waals surface area contributed by atoms with E-state index in [1.807, 2.05) is 0 Å². The monoisotopic (exact) mass is 301 g/mol. The highest BCUT2D eigenvalue weighted by atomic mass is 32.2. The van der Waals surface area contributed by atoms with Gasteiger partial charge in [-0.3, -0.25) is 4.79 Å². The number of nitrogens with one attached hydrogen (secondary N) is 1. The van der Waals surface area contributed by atoms with Crippen LogP contribution in [0.2, 0.25) is 0 Å². The summed E-state index contributed by atoms with van der Waals surface area (Å²) in [5.74, 6) is -0.219. The van der Waals surface area contributed by atoms with Crippen LogP contribution >= 0.6 is 0 Å². The third-order valence-corrected chi connectivity index (χ3v) is 3.64. The zero-order chi connectivity index (χ0) is 15.2. The van der Waals surface area contributed by atoms with E-state index < -0.39 is 10.0 Å². The molecule has 1 amide bonds. The first-order valence-electron chi connectivity index (χ1n) is 5.98. The van der Waals surface area contributed by atoms with Crippen LogP contribution in [0.3, 0.4) is 0 Å². The SMILES string of the molecule is COC(CN)CC(=O)NCc1cccc(S(N)(=O)=O)c1. The van der Waals surface area contributed by atoms with Crippen molar-refractivity contribution in [2.24, 2.45) is 10.9 Å². The number of methoxy groups -OCH3 is 1. The van der Waals surface area contributed by atoms with Gasteiger partial charge in [0.2, 0.25) is 15.9 Å². The van der Waals surface area contributed by atoms with Crippen LogP contribution in [-0.2, 0) is 26.1 Å². The summed E-state index contributed by atoms with van der Waals surface area (Å²) in [5.41, 5.74) is 6.07. The molecule has 1 aromatic carbocycles. The Labute approximate surface area is 118 Å². The number of nitrogens with two attached hydrogens (primary N) is 2. The Morgan fingerprint density at radius 3 is 2.70 bits per heavy atom. The fraction of sp³-hybridized carbons (Fsp3) is 0.417. The molecule has 0 spiro atoms. The predicted octanol–water partition coefficient (Wildman–Crippen LogP) is -0.686. The number of rotatable bonds is 7. The molecule has 8 heteroatoms. The van der Waals surface area contributed by atoms with E-state index in [-0.39, 0.29) is 36.4 Å². The van der Waals surface area contributed by atoms with Crippen molar-refractivity contribution in [3.05, 3.63) is 29.8 Å². The molecule has 0 aliphatic heterocycles. The standard InChI is InChI=1S/C12H19N3O4S/c1-19-10(7-13)6-12(16)15-8-9-3-2-4-11(5-9)20(14,17)18/h2-5,10H,6-8,13H2,1H3,(H,15,16)(H2,14,17,18). The van der Waals surface area contributed by atoms with E-state index in [1.165, 1.54) is 19.2 Å². The maximum absolute atomic E-state index is 11.6. The molecule has 0 heterocycles. The van der Waals surface area contributed by atoms with Crippen LogP contribution < -0.4 is 16.2 Å². The van der Waals surface area contributed by atoms with Crippen molar-refractivity contribution in [3.63, 3.8) is 0 Å². The van der Waals surface area contributed by atoms with Crippen LogP contribution in [-0.4, -0.2) is 34.1 Å². The Morgan fingerprint density at radius 1 is 1.45 bits per heavy atom. The van der Waals surface area contributed by atoms with Crippen LogP contribution in [0.5, 0.6) is 0 Å². The zero-order valence-electron chi connectivity index (χ0n) is 11.2. The van der Waals surface area contributed by atoms with E-state index in [4.69, 9.17) is 15.6 Å². The molecule has 112 valence electrons. The molecule has 1 unspecified atom stereocenters. The number of primary sulfonamides is 1. The van der Waals surface area contributed by atoms with Crippen molar-refractivity contribution in [2.75, 3.05) is 13.7 Å². The minimum atomic E-state index is -3.74. The number of hydrogen-bond donors (Lipinski definition) is 3. The van der Waals surface area contributed by atoms with Gasteiger partial charge in [-0.25, -0.2) is 13.6 Å². The molecule has 0 saturated carbocycles. The summed E-state index contributed by atoms with van der Waals surface area (Å²) in [6, 6.07) is 6.09. The van der Waals surface area contributed by atoms with Gasteiger partial charge < -0.3 is 15.8 Å². The highest BCUT2D eigenvalue weighted by Gasteiger charge is 2.12. The average molecular weight is 301 g/mol. The largest absolute Gasteiger partial charge is 0.380 e. The van der Waals surface area contributed by atoms with Crippen molar-refractivity contribution in [1.29, 1.82) is 0 Å². The van der Waals surface area contributed by atoms with E-state index in [0.29, 0.717) is 5.56 Å². The van der Waals surface area contributed by atoms with E-state index in [2.05, 4.69) is 5.32 Å². The Kier molecular flexibility index (Phi) is 6.08. The lowest BCUT2D eigenvalue weighted by atomic mass is 10.2. The molecule has 0 aliphatic rings. The second kappa shape index (κ2) is 7.34. The van der Waals surface area contributed by atoms with Crippen molar-refractivity contribution in [1.82, 2.24) is 5.32 Å². The first kappa shape index (κ1) is 16.6. The van der Waals surface area contributed by atoms with Crippen LogP contribution in [0.4, 0.5) is 0 Å². The average Bonchev–Trinajstić information content (AvgIpc) is 2.42. The van der Waals surface area contributed by atoms with Crippen molar-refractivity contribution >= 4 is 15.9 Å². The topological polar surface area (TPSA) is 125 Å². The Bertz CT molecular complexity index is 556. The summed E-state index contributed by atoms with van der Waals surface area (Å²) < 4.78 is 27.4. The normalized spacial score (nSPS) is 12.9. The molecule has 1 rings (SSSR count). The number of ether oxygens (including phenoxy) is 1. The number of sulfonamides is 1. The fourth-order valence-corrected chi connectivity index (χ4v) is 2.16. The molecule has 5 N–H and O–H groups in total. The van der Waals surface area contributed by atoms with E-state index in [1.54, 1.807) is 12.1 Å². The van der Waals surface area contributed by atoms with Crippen LogP contribution in [0.25, 0.3) is 0 Å². The second-order valence-electron chi connectivity index (χ2n) is 4.27. The smallest absolute Gasteiger partial charge is 0.238 e. The lowest BCUT2D eigenvalue weighted by Gasteiger charge is -2.12. The van der Waals surface area contributed by atoms with Crippen LogP contribution in [0, 0.1) is 0 Å². The molecule has 0 radical (unpaired) electrons. The minimum absolute atomic E-state index is 0.0148. The second-order valence-corrected chi connectivity index (χ2v) is 5.83. The molecule has 0 bridgehead atoms. The molecule has 0 aromatic heterocycles. The maximum Gasteiger partial charge on any atom is 0.238 e. The Balaban J connectivity index is 2.60. The zero-order valence-corrected chi connectivity index (χ0v) is 12.0. The number of amides is 1. The molecule has 20 heavy (non-hydrogen) atoms. The summed E-state index contributed by atoms with van der Waals surface area (Å²) in [6.07, 6.45) is -0.173. The predicted molar refractivity (Wildman–Crippen MR) is 74.1 cm³/mol. The molecule has 0 aliphatic carbocycles. The van der Waals surface area contributed by atoms with Crippen molar-refractivity contribution < 1.29 is 17.9 Å². The molecule has 0 fully saturated rings. The summed E-state index contributed by atoms with van der Waals surface area (Å²) in [5, 5.41) is 7.70. The summed E-state index contributed by atoms with van der Waals surface area (Å²) in [7, 11) is -2.25. The lowest BCUT2D eigenvalue weighted by Crippen LogP contribution is -2.31. The number of carbonyl (C=O) groups is 1. The Morgan fingerprint density at radius 2 is 2.15 bits per heavy atom. The minimum Gasteiger partial charge on any atom is -0.380 e. The third kappa shape index (κ3) is 5.25. The van der Waals surface area contributed by atoms with Gasteiger partial charge in [0.15, 0.2) is 0 Å². The lowest BCUT2D eigenvalue weighted by molar-refractivity contribution is -0.123. The summed E-state index contributed by atoms with van der Waals surface area (Å²) in [4.78, 5) is 11.7. The van der Waals surface area contributed by atoms with E-state index in [0.717, 1.165) is 0 Å². The quantitative estimate of drug-likeness (QED) is 0.615. The van der Waals surface area contributed by atoms with Gasteiger partial charge in [0.05, 0.1) is 17.4 Å². The molecular formula is C12H19N3O4S. The first-order valence-corrected chi connectivity index (χ1v) is 7.52. The molecule has 7 nitrogen and oxygen atoms in total. The third-order valence-electron chi connectivity index (χ3n) is 2.73. The van der Waals surface area contributed by atoms with Gasteiger partial charge in [-0.05, 0) is 17.7 Å². The maximum atomic E-state index is 11.6. The highest BCUT2D eigenvalue weighted by molar-refractivity contribution is 7.89. The number of benzene rings is 1. The van der Waals surface area contributed by atoms with Crippen LogP contribution in [0.1, 0.15) is 12.0 Å². The van der Waals surface area contributed by atoms with Crippen molar-refractivity contribution in [2.45, 2.75) is 24.0 Å². The summed E-state index contributed by atoms with van der Waals surface area (Å²) in [6.45, 7) is 0.466. The van der Waals surface area contributed by atoms with Gasteiger partial charge in [0.1, 0.15) is 0 Å². The van der Waals surface area contributed by atoms with Gasteiger partial charge in [-0.2, -0.15) is 0 Å². The van der Waals surface area contributed by atoms with Crippen LogP contribution in [0.15, 0.2) is 29.2 Å². The summed E-state index contributed by atoms with van der Waals surface area (Å²) >= 11 is 0. The fourth-order valence-electron chi connectivity index (χ4n) is 1.57. The van der Waals surface area contributed by atoms with Gasteiger partial charge in [-0.15, -0.1) is 0 Å².